The number of ether oxygens (including phenoxy) is 4. The second kappa shape index (κ2) is 12.8. The fraction of sp³-hybridized carbons (Fsp3) is 0.571. The summed E-state index contributed by atoms with van der Waals surface area (Å²) >= 11 is 0. The first-order chi connectivity index (χ1) is 19.1. The molecule has 3 heterocycles. The van der Waals surface area contributed by atoms with Crippen molar-refractivity contribution in [2.45, 2.75) is 70.7 Å². The number of allylic oxidation sites excluding steroid dienone is 2. The number of carboxylic acids is 1. The molecular weight excluding hydrogens is 520 g/mol. The molecule has 1 fully saturated rings. The summed E-state index contributed by atoms with van der Waals surface area (Å²) in [4.78, 5) is 31.9. The number of piperidine rings is 1. The van der Waals surface area contributed by atoms with Gasteiger partial charge in [-0.15, -0.1) is 0 Å². The number of anilines is 1. The van der Waals surface area contributed by atoms with E-state index in [1.54, 1.807) is 40.2 Å². The van der Waals surface area contributed by atoms with E-state index < -0.39 is 23.7 Å². The third-order valence-corrected chi connectivity index (χ3v) is 6.76. The number of hydrogen-bond acceptors (Lipinski definition) is 10. The van der Waals surface area contributed by atoms with E-state index in [4.69, 9.17) is 23.8 Å². The number of fused-ring (bicyclic) bond motifs is 2. The molecule has 1 saturated heterocycles. The third-order valence-electron chi connectivity index (χ3n) is 6.76. The fourth-order valence-corrected chi connectivity index (χ4v) is 5.01. The van der Waals surface area contributed by atoms with Crippen LogP contribution in [0, 0.1) is 0 Å². The van der Waals surface area contributed by atoms with Crippen LogP contribution in [-0.4, -0.2) is 79.1 Å². The minimum atomic E-state index is -1.03. The standard InChI is InChI=1S/C28H40N4O8/c1-28(2,3)40-27(35)31-15-21(9-11-23(31)26(33)34)29-20-8-10-22-19(13-20)16-38-12-6-7-18-14-24(37-5)30-32(25(18)22)39-17-36-4/h8,10,13-14,21,23,29-30H,6-7,9,11-12,15-17H2,1-5H3,(H,33,34)/t21-,23-/m1/s1. The maximum Gasteiger partial charge on any atom is 0.411 e. The van der Waals surface area contributed by atoms with Gasteiger partial charge in [0.1, 0.15) is 11.6 Å². The largest absolute Gasteiger partial charge is 0.481 e. The van der Waals surface area contributed by atoms with Crippen LogP contribution in [0.25, 0.3) is 5.70 Å². The van der Waals surface area contributed by atoms with E-state index in [1.807, 2.05) is 24.3 Å². The van der Waals surface area contributed by atoms with Crippen LogP contribution < -0.4 is 10.7 Å². The molecule has 220 valence electrons. The second-order valence-electron chi connectivity index (χ2n) is 11.0. The summed E-state index contributed by atoms with van der Waals surface area (Å²) in [5, 5.41) is 14.8. The van der Waals surface area contributed by atoms with E-state index in [1.165, 1.54) is 4.90 Å². The van der Waals surface area contributed by atoms with Gasteiger partial charge in [0, 0.05) is 43.6 Å². The van der Waals surface area contributed by atoms with Gasteiger partial charge in [0.05, 0.1) is 19.4 Å². The molecule has 3 aliphatic rings. The molecule has 0 unspecified atom stereocenters. The number of carboxylic acid groups (broad SMARTS) is 1. The molecule has 0 saturated carbocycles. The minimum Gasteiger partial charge on any atom is -0.481 e. The topological polar surface area (TPSA) is 131 Å². The van der Waals surface area contributed by atoms with Crippen LogP contribution in [0.1, 0.15) is 57.6 Å². The van der Waals surface area contributed by atoms with Crippen molar-refractivity contribution >= 4 is 23.4 Å². The normalized spacial score (nSPS) is 21.6. The highest BCUT2D eigenvalue weighted by molar-refractivity contribution is 5.80. The average molecular weight is 561 g/mol. The maximum atomic E-state index is 12.9. The van der Waals surface area contributed by atoms with Crippen molar-refractivity contribution in [2.24, 2.45) is 0 Å². The lowest BCUT2D eigenvalue weighted by Gasteiger charge is -2.38. The lowest BCUT2D eigenvalue weighted by molar-refractivity contribution is -0.209. The van der Waals surface area contributed by atoms with Crippen molar-refractivity contribution in [3.63, 3.8) is 0 Å². The number of methoxy groups -OCH3 is 2. The summed E-state index contributed by atoms with van der Waals surface area (Å²) in [7, 11) is 3.15. The number of carbonyl (C=O) groups is 2. The zero-order valence-electron chi connectivity index (χ0n) is 23.8. The van der Waals surface area contributed by atoms with Crippen molar-refractivity contribution in [3.05, 3.63) is 46.9 Å². The maximum absolute atomic E-state index is 12.9. The molecular formula is C28H40N4O8. The van der Waals surface area contributed by atoms with Gasteiger partial charge in [0.25, 0.3) is 0 Å². The van der Waals surface area contributed by atoms with Crippen molar-refractivity contribution < 1.29 is 38.5 Å². The summed E-state index contributed by atoms with van der Waals surface area (Å²) in [5.74, 6) is -0.476. The molecule has 0 spiro atoms. The molecule has 3 aliphatic heterocycles. The molecule has 1 aromatic rings. The van der Waals surface area contributed by atoms with Gasteiger partial charge >= 0.3 is 12.1 Å². The molecule has 0 aromatic heterocycles. The zero-order chi connectivity index (χ0) is 28.9. The van der Waals surface area contributed by atoms with Crippen molar-refractivity contribution in [3.8, 4) is 0 Å². The molecule has 4 rings (SSSR count). The van der Waals surface area contributed by atoms with E-state index in [0.717, 1.165) is 40.9 Å². The number of amides is 1. The smallest absolute Gasteiger partial charge is 0.411 e. The van der Waals surface area contributed by atoms with Crippen LogP contribution in [0.2, 0.25) is 0 Å². The van der Waals surface area contributed by atoms with Crippen LogP contribution in [0.4, 0.5) is 10.5 Å². The summed E-state index contributed by atoms with van der Waals surface area (Å²) < 4.78 is 22.1. The molecule has 1 amide bonds. The highest BCUT2D eigenvalue weighted by Gasteiger charge is 2.38. The molecule has 3 N–H and O–H groups in total. The molecule has 0 aliphatic carbocycles. The Hall–Kier alpha value is -3.48. The van der Waals surface area contributed by atoms with Crippen molar-refractivity contribution in [1.29, 1.82) is 0 Å². The highest BCUT2D eigenvalue weighted by atomic mass is 16.8. The second-order valence-corrected chi connectivity index (χ2v) is 11.0. The van der Waals surface area contributed by atoms with E-state index in [0.29, 0.717) is 31.9 Å². The molecule has 0 radical (unpaired) electrons. The average Bonchev–Trinajstić information content (AvgIpc) is 2.99. The molecule has 12 nitrogen and oxygen atoms in total. The van der Waals surface area contributed by atoms with Crippen molar-refractivity contribution in [1.82, 2.24) is 15.5 Å². The number of rotatable bonds is 7. The number of aliphatic carboxylic acids is 1. The summed E-state index contributed by atoms with van der Waals surface area (Å²) in [6, 6.07) is 4.92. The number of hydrogen-bond donors (Lipinski definition) is 3. The first-order valence-electron chi connectivity index (χ1n) is 13.5. The number of hydrazine groups is 1. The Labute approximate surface area is 234 Å². The van der Waals surface area contributed by atoms with Gasteiger partial charge in [0.2, 0.25) is 5.88 Å². The summed E-state index contributed by atoms with van der Waals surface area (Å²) in [5.41, 5.74) is 7.02. The minimum absolute atomic E-state index is 0.0411. The Bertz CT molecular complexity index is 1150. The molecule has 0 bridgehead atoms. The summed E-state index contributed by atoms with van der Waals surface area (Å²) in [6.45, 7) is 6.54. The van der Waals surface area contributed by atoms with E-state index in [-0.39, 0.29) is 19.4 Å². The van der Waals surface area contributed by atoms with Crippen LogP contribution in [0.3, 0.4) is 0 Å². The van der Waals surface area contributed by atoms with Crippen molar-refractivity contribution in [2.75, 3.05) is 39.5 Å². The Kier molecular flexibility index (Phi) is 9.44. The predicted octanol–water partition coefficient (Wildman–Crippen LogP) is 3.82. The number of nitrogens with one attached hydrogen (secondary N) is 2. The fourth-order valence-electron chi connectivity index (χ4n) is 5.01. The first kappa shape index (κ1) is 29.5. The van der Waals surface area contributed by atoms with Crippen LogP contribution >= 0.6 is 0 Å². The highest BCUT2D eigenvalue weighted by Crippen LogP contribution is 2.35. The van der Waals surface area contributed by atoms with Gasteiger partial charge in [-0.3, -0.25) is 4.90 Å². The Morgan fingerprint density at radius 1 is 1.23 bits per heavy atom. The Morgan fingerprint density at radius 3 is 2.73 bits per heavy atom. The molecule has 2 atom stereocenters. The summed E-state index contributed by atoms with van der Waals surface area (Å²) in [6.07, 6.45) is 3.85. The van der Waals surface area contributed by atoms with Gasteiger partial charge in [0.15, 0.2) is 6.79 Å². The number of nitrogens with zero attached hydrogens (tertiary/aromatic N) is 2. The van der Waals surface area contributed by atoms with Crippen LogP contribution in [0.15, 0.2) is 35.7 Å². The molecule has 40 heavy (non-hydrogen) atoms. The van der Waals surface area contributed by atoms with E-state index in [2.05, 4.69) is 10.7 Å². The Balaban J connectivity index is 1.60. The van der Waals surface area contributed by atoms with Gasteiger partial charge < -0.3 is 29.4 Å². The van der Waals surface area contributed by atoms with Gasteiger partial charge in [-0.2, -0.15) is 5.17 Å². The zero-order valence-corrected chi connectivity index (χ0v) is 23.8. The van der Waals surface area contributed by atoms with Gasteiger partial charge in [-0.25, -0.2) is 19.9 Å². The number of hydroxylamine groups is 1. The van der Waals surface area contributed by atoms with Gasteiger partial charge in [-0.1, -0.05) is 6.07 Å². The number of likely N-dealkylation sites (tertiary alicyclic amines) is 1. The van der Waals surface area contributed by atoms with Crippen LogP contribution in [-0.2, 0) is 35.2 Å². The van der Waals surface area contributed by atoms with E-state index in [9.17, 15) is 14.7 Å². The molecule has 1 aromatic carbocycles. The Morgan fingerprint density at radius 2 is 2.02 bits per heavy atom. The molecule has 12 heteroatoms. The number of carbonyl (C=O) groups excluding carboxylic acids is 1. The predicted molar refractivity (Wildman–Crippen MR) is 146 cm³/mol. The van der Waals surface area contributed by atoms with Gasteiger partial charge in [-0.05, 0) is 69.7 Å². The lowest BCUT2D eigenvalue weighted by atomic mass is 9.96. The quantitative estimate of drug-likeness (QED) is 0.421. The third kappa shape index (κ3) is 7.18. The van der Waals surface area contributed by atoms with E-state index >= 15 is 0 Å². The lowest BCUT2D eigenvalue weighted by Crippen LogP contribution is -2.54. The monoisotopic (exact) mass is 560 g/mol. The van der Waals surface area contributed by atoms with Crippen LogP contribution in [0.5, 0.6) is 0 Å². The SMILES string of the molecule is COCON1NC(OC)=CC2=C1c1ccc(N[C@@H]3CC[C@H](C(=O)O)N(C(=O)OC(C)(C)C)C3)cc1COCCC2. The number of benzene rings is 1. The first-order valence-corrected chi connectivity index (χ1v) is 13.5.